The number of rotatable bonds is 5. The first kappa shape index (κ1) is 15.1. The van der Waals surface area contributed by atoms with Crippen LogP contribution in [0.2, 0.25) is 10.0 Å². The van der Waals surface area contributed by atoms with Crippen molar-refractivity contribution in [2.45, 2.75) is 20.3 Å². The van der Waals surface area contributed by atoms with Crippen molar-refractivity contribution in [3.63, 3.8) is 0 Å². The maximum Gasteiger partial charge on any atom is 0.139 e. The van der Waals surface area contributed by atoms with E-state index in [2.05, 4.69) is 29.8 Å². The molecule has 96 valence electrons. The molecule has 0 saturated carbocycles. The molecule has 0 atom stereocenters. The fourth-order valence-electron chi connectivity index (χ4n) is 1.15. The van der Waals surface area contributed by atoms with Crippen LogP contribution in [0.5, 0.6) is 5.75 Å². The van der Waals surface area contributed by atoms with Crippen LogP contribution < -0.4 is 10.5 Å². The number of halogens is 3. The Bertz CT molecular complexity index is 396. The van der Waals surface area contributed by atoms with Gasteiger partial charge >= 0.3 is 0 Å². The molecule has 2 N–H and O–H groups in total. The Balaban J connectivity index is 2.61. The Morgan fingerprint density at radius 1 is 1.29 bits per heavy atom. The van der Waals surface area contributed by atoms with E-state index in [0.29, 0.717) is 28.9 Å². The summed E-state index contributed by atoms with van der Waals surface area (Å²) in [7, 11) is 0. The van der Waals surface area contributed by atoms with Crippen molar-refractivity contribution in [2.24, 2.45) is 11.1 Å². The summed E-state index contributed by atoms with van der Waals surface area (Å²) in [6.45, 7) is 5.41. The smallest absolute Gasteiger partial charge is 0.139 e. The van der Waals surface area contributed by atoms with Crippen LogP contribution in [-0.4, -0.2) is 13.2 Å². The molecule has 0 aliphatic rings. The molecule has 17 heavy (non-hydrogen) atoms. The maximum atomic E-state index is 6.05. The van der Waals surface area contributed by atoms with Gasteiger partial charge in [-0.05, 0) is 40.4 Å². The average Bonchev–Trinajstić information content (AvgIpc) is 2.25. The molecule has 0 aromatic heterocycles. The molecule has 0 heterocycles. The summed E-state index contributed by atoms with van der Waals surface area (Å²) in [5.74, 6) is 0.604. The van der Waals surface area contributed by atoms with E-state index in [0.717, 1.165) is 10.9 Å². The van der Waals surface area contributed by atoms with Gasteiger partial charge in [0.1, 0.15) is 5.75 Å². The summed E-state index contributed by atoms with van der Waals surface area (Å²) in [6.07, 6.45) is 0.869. The van der Waals surface area contributed by atoms with Crippen LogP contribution in [0.25, 0.3) is 0 Å². The highest BCUT2D eigenvalue weighted by Gasteiger charge is 2.16. The van der Waals surface area contributed by atoms with Crippen molar-refractivity contribution in [2.75, 3.05) is 13.2 Å². The van der Waals surface area contributed by atoms with E-state index in [4.69, 9.17) is 33.7 Å². The lowest BCUT2D eigenvalue weighted by molar-refractivity contribution is 0.233. The second-order valence-corrected chi connectivity index (χ2v) is 6.33. The minimum atomic E-state index is 0.0750. The van der Waals surface area contributed by atoms with Crippen LogP contribution in [0, 0.1) is 5.41 Å². The van der Waals surface area contributed by atoms with Crippen LogP contribution in [-0.2, 0) is 0 Å². The fraction of sp³-hybridized carbons (Fsp3) is 0.500. The molecule has 0 unspecified atom stereocenters. The third-order valence-corrected chi connectivity index (χ3v) is 4.06. The predicted molar refractivity (Wildman–Crippen MR) is 77.1 cm³/mol. The molecule has 5 heteroatoms. The minimum absolute atomic E-state index is 0.0750. The molecule has 0 bridgehead atoms. The van der Waals surface area contributed by atoms with E-state index in [-0.39, 0.29) is 5.41 Å². The summed E-state index contributed by atoms with van der Waals surface area (Å²) in [5.41, 5.74) is 5.73. The second-order valence-electron chi connectivity index (χ2n) is 4.66. The summed E-state index contributed by atoms with van der Waals surface area (Å²) < 4.78 is 6.38. The van der Waals surface area contributed by atoms with E-state index in [9.17, 15) is 0 Å². The van der Waals surface area contributed by atoms with Gasteiger partial charge in [-0.2, -0.15) is 0 Å². The zero-order chi connectivity index (χ0) is 13.1. The summed E-state index contributed by atoms with van der Waals surface area (Å²) in [4.78, 5) is 0. The van der Waals surface area contributed by atoms with Crippen molar-refractivity contribution in [3.05, 3.63) is 26.7 Å². The summed E-state index contributed by atoms with van der Waals surface area (Å²) >= 11 is 15.3. The highest BCUT2D eigenvalue weighted by atomic mass is 79.9. The molecule has 0 aliphatic carbocycles. The molecule has 0 amide bonds. The lowest BCUT2D eigenvalue weighted by atomic mass is 9.90. The Morgan fingerprint density at radius 2 is 1.94 bits per heavy atom. The van der Waals surface area contributed by atoms with Gasteiger partial charge in [-0.1, -0.05) is 37.0 Å². The largest absolute Gasteiger partial charge is 0.492 e. The standard InChI is InChI=1S/C12H16BrCl2NO/c1-12(2,7-16)3-4-17-11-6-9(14)8(13)5-10(11)15/h5-6H,3-4,7,16H2,1-2H3. The first-order valence-corrected chi connectivity index (χ1v) is 6.88. The molecule has 2 nitrogen and oxygen atoms in total. The molecule has 0 saturated heterocycles. The van der Waals surface area contributed by atoms with Gasteiger partial charge in [0.2, 0.25) is 0 Å². The third kappa shape index (κ3) is 4.66. The van der Waals surface area contributed by atoms with Gasteiger partial charge in [0.15, 0.2) is 0 Å². The van der Waals surface area contributed by atoms with Gasteiger partial charge in [0, 0.05) is 10.5 Å². The Kier molecular flexibility index (Phi) is 5.58. The van der Waals surface area contributed by atoms with E-state index in [1.54, 1.807) is 12.1 Å². The van der Waals surface area contributed by atoms with Crippen LogP contribution >= 0.6 is 39.1 Å². The SMILES string of the molecule is CC(C)(CN)CCOc1cc(Cl)c(Br)cc1Cl. The predicted octanol–water partition coefficient (Wildman–Crippen LogP) is 4.51. The number of benzene rings is 1. The lowest BCUT2D eigenvalue weighted by Gasteiger charge is -2.22. The summed E-state index contributed by atoms with van der Waals surface area (Å²) in [6, 6.07) is 3.44. The fourth-order valence-corrected chi connectivity index (χ4v) is 2.00. The molecule has 1 rings (SSSR count). The first-order chi connectivity index (χ1) is 7.85. The monoisotopic (exact) mass is 339 g/mol. The molecular weight excluding hydrogens is 325 g/mol. The zero-order valence-electron chi connectivity index (χ0n) is 9.90. The van der Waals surface area contributed by atoms with E-state index in [1.165, 1.54) is 0 Å². The van der Waals surface area contributed by atoms with Crippen LogP contribution in [0.15, 0.2) is 16.6 Å². The van der Waals surface area contributed by atoms with Gasteiger partial charge in [0.05, 0.1) is 16.7 Å². The first-order valence-electron chi connectivity index (χ1n) is 5.33. The molecule has 0 aliphatic heterocycles. The van der Waals surface area contributed by atoms with E-state index in [1.807, 2.05) is 0 Å². The Morgan fingerprint density at radius 3 is 2.53 bits per heavy atom. The number of hydrogen-bond donors (Lipinski definition) is 1. The average molecular weight is 341 g/mol. The van der Waals surface area contributed by atoms with Gasteiger partial charge < -0.3 is 10.5 Å². The van der Waals surface area contributed by atoms with Gasteiger partial charge in [-0.15, -0.1) is 0 Å². The van der Waals surface area contributed by atoms with E-state index < -0.39 is 0 Å². The van der Waals surface area contributed by atoms with Crippen LogP contribution in [0.4, 0.5) is 0 Å². The molecule has 0 fully saturated rings. The van der Waals surface area contributed by atoms with Crippen LogP contribution in [0.3, 0.4) is 0 Å². The maximum absolute atomic E-state index is 6.05. The molecule has 0 spiro atoms. The van der Waals surface area contributed by atoms with Gasteiger partial charge in [-0.3, -0.25) is 0 Å². The number of hydrogen-bond acceptors (Lipinski definition) is 2. The zero-order valence-corrected chi connectivity index (χ0v) is 13.0. The van der Waals surface area contributed by atoms with E-state index >= 15 is 0 Å². The van der Waals surface area contributed by atoms with Crippen molar-refractivity contribution in [1.29, 1.82) is 0 Å². The molecule has 1 aromatic rings. The molecule has 0 radical (unpaired) electrons. The van der Waals surface area contributed by atoms with Crippen LogP contribution in [0.1, 0.15) is 20.3 Å². The Labute approximate surface area is 121 Å². The lowest BCUT2D eigenvalue weighted by Crippen LogP contribution is -2.25. The normalized spacial score (nSPS) is 11.6. The third-order valence-electron chi connectivity index (χ3n) is 2.56. The molecule has 1 aromatic carbocycles. The van der Waals surface area contributed by atoms with Crippen molar-refractivity contribution >= 4 is 39.1 Å². The highest BCUT2D eigenvalue weighted by molar-refractivity contribution is 9.10. The number of nitrogens with two attached hydrogens (primary N) is 1. The van der Waals surface area contributed by atoms with Crippen molar-refractivity contribution < 1.29 is 4.74 Å². The second kappa shape index (κ2) is 6.28. The Hall–Kier alpha value is 0.0400. The summed E-state index contributed by atoms with van der Waals surface area (Å²) in [5, 5.41) is 1.13. The quantitative estimate of drug-likeness (QED) is 0.800. The van der Waals surface area contributed by atoms with Gasteiger partial charge in [0.25, 0.3) is 0 Å². The topological polar surface area (TPSA) is 35.2 Å². The number of ether oxygens (including phenoxy) is 1. The van der Waals surface area contributed by atoms with Crippen molar-refractivity contribution in [1.82, 2.24) is 0 Å². The van der Waals surface area contributed by atoms with Gasteiger partial charge in [-0.25, -0.2) is 0 Å². The van der Waals surface area contributed by atoms with Crippen molar-refractivity contribution in [3.8, 4) is 5.75 Å². The minimum Gasteiger partial charge on any atom is -0.492 e. The molecular formula is C12H16BrCl2NO. The highest BCUT2D eigenvalue weighted by Crippen LogP contribution is 2.34.